The topological polar surface area (TPSA) is 42.5 Å². The lowest BCUT2D eigenvalue weighted by Gasteiger charge is -2.15. The van der Waals surface area contributed by atoms with Crippen molar-refractivity contribution in [1.82, 2.24) is 5.43 Å². The summed E-state index contributed by atoms with van der Waals surface area (Å²) in [6.07, 6.45) is 2.16. The molecule has 0 radical (unpaired) electrons. The smallest absolute Gasteiger partial charge is 0.174 e. The summed E-state index contributed by atoms with van der Waals surface area (Å²) < 4.78 is 12.4. The fourth-order valence-electron chi connectivity index (χ4n) is 2.10. The maximum atomic E-state index is 5.86. The molecule has 2 aromatic carbocycles. The van der Waals surface area contributed by atoms with Gasteiger partial charge in [-0.3, -0.25) is 0 Å². The molecule has 0 spiro atoms. The quantitative estimate of drug-likeness (QED) is 0.350. The highest BCUT2D eigenvalue weighted by molar-refractivity contribution is 14.1. The molecule has 0 aromatic heterocycles. The summed E-state index contributed by atoms with van der Waals surface area (Å²) in [6.45, 7) is 3.56. The second-order valence-electron chi connectivity index (χ2n) is 5.16. The van der Waals surface area contributed by atoms with Crippen molar-refractivity contribution in [1.29, 1.82) is 0 Å². The number of unbranched alkanes of at least 4 members (excludes halogenated alkanes) is 1. The second kappa shape index (κ2) is 9.62. The Kier molecular flexibility index (Phi) is 7.48. The lowest BCUT2D eigenvalue weighted by Crippen LogP contribution is -2.20. The van der Waals surface area contributed by atoms with Gasteiger partial charge >= 0.3 is 0 Å². The fraction of sp³-hybridized carbons (Fsp3) is 0.333. The molecule has 0 bridgehead atoms. The zero-order valence-corrected chi connectivity index (χ0v) is 15.7. The molecular weight excluding hydrogens is 403 g/mol. The number of ether oxygens (including phenoxy) is 2. The molecule has 5 heteroatoms. The minimum Gasteiger partial charge on any atom is -0.493 e. The zero-order chi connectivity index (χ0) is 16.5. The number of halogens is 1. The van der Waals surface area contributed by atoms with Crippen molar-refractivity contribution in [3.63, 3.8) is 0 Å². The first-order chi connectivity index (χ1) is 11.2. The second-order valence-corrected chi connectivity index (χ2v) is 6.32. The van der Waals surface area contributed by atoms with Gasteiger partial charge in [0.05, 0.1) is 17.3 Å². The van der Waals surface area contributed by atoms with Crippen LogP contribution in [0.3, 0.4) is 0 Å². The Morgan fingerprint density at radius 3 is 2.61 bits per heavy atom. The molecule has 0 aliphatic rings. The normalized spacial score (nSPS) is 10.4. The molecule has 0 aliphatic heterocycles. The first-order valence-corrected chi connectivity index (χ1v) is 8.85. The molecule has 2 rings (SSSR count). The van der Waals surface area contributed by atoms with Crippen LogP contribution in [-0.2, 0) is 6.54 Å². The van der Waals surface area contributed by atoms with Crippen LogP contribution in [0.2, 0.25) is 0 Å². The van der Waals surface area contributed by atoms with E-state index in [4.69, 9.17) is 9.47 Å². The number of nitrogens with one attached hydrogen (secondary N) is 2. The summed E-state index contributed by atoms with van der Waals surface area (Å²) in [4.78, 5) is 0. The molecule has 0 amide bonds. The van der Waals surface area contributed by atoms with E-state index in [2.05, 4.69) is 46.4 Å². The van der Waals surface area contributed by atoms with Crippen molar-refractivity contribution < 1.29 is 9.47 Å². The van der Waals surface area contributed by atoms with E-state index in [0.29, 0.717) is 6.54 Å². The molecule has 2 N–H and O–H groups in total. The maximum Gasteiger partial charge on any atom is 0.174 e. The van der Waals surface area contributed by atoms with Crippen molar-refractivity contribution in [2.75, 3.05) is 19.1 Å². The number of para-hydroxylation sites is 1. The molecule has 0 aliphatic carbocycles. The van der Waals surface area contributed by atoms with Crippen molar-refractivity contribution in [2.45, 2.75) is 26.3 Å². The van der Waals surface area contributed by atoms with Gasteiger partial charge in [-0.1, -0.05) is 31.5 Å². The highest BCUT2D eigenvalue weighted by atomic mass is 127. The lowest BCUT2D eigenvalue weighted by molar-refractivity contribution is 0.286. The Hall–Kier alpha value is -1.47. The molecule has 0 fully saturated rings. The van der Waals surface area contributed by atoms with Gasteiger partial charge in [0.25, 0.3) is 0 Å². The predicted octanol–water partition coefficient (Wildman–Crippen LogP) is 4.60. The number of hydrogen-bond donors (Lipinski definition) is 2. The van der Waals surface area contributed by atoms with Gasteiger partial charge in [0.1, 0.15) is 0 Å². The molecule has 0 unspecified atom stereocenters. The highest BCUT2D eigenvalue weighted by Crippen LogP contribution is 2.34. The standard InChI is InChI=1S/C18H23IN2O2/c1-3-4-10-23-18-16(19)11-14(12-17(18)22-2)13-20-21-15-8-6-5-7-9-15/h5-9,11-12,20-21H,3-4,10,13H2,1-2H3. The van der Waals surface area contributed by atoms with E-state index in [1.165, 1.54) is 0 Å². The van der Waals surface area contributed by atoms with Gasteiger partial charge < -0.3 is 14.9 Å². The van der Waals surface area contributed by atoms with Gasteiger partial charge in [-0.05, 0) is 58.8 Å². The van der Waals surface area contributed by atoms with Crippen molar-refractivity contribution in [2.24, 2.45) is 0 Å². The van der Waals surface area contributed by atoms with Gasteiger partial charge in [0, 0.05) is 12.2 Å². The Morgan fingerprint density at radius 2 is 1.91 bits per heavy atom. The van der Waals surface area contributed by atoms with E-state index >= 15 is 0 Å². The summed E-state index contributed by atoms with van der Waals surface area (Å²) >= 11 is 2.30. The van der Waals surface area contributed by atoms with Crippen LogP contribution in [-0.4, -0.2) is 13.7 Å². The van der Waals surface area contributed by atoms with Crippen molar-refractivity contribution >= 4 is 28.3 Å². The van der Waals surface area contributed by atoms with Crippen LogP contribution in [0.15, 0.2) is 42.5 Å². The van der Waals surface area contributed by atoms with Crippen LogP contribution < -0.4 is 20.3 Å². The van der Waals surface area contributed by atoms with Crippen LogP contribution in [0.5, 0.6) is 11.5 Å². The van der Waals surface area contributed by atoms with E-state index < -0.39 is 0 Å². The van der Waals surface area contributed by atoms with E-state index in [0.717, 1.165) is 45.8 Å². The molecule has 4 nitrogen and oxygen atoms in total. The molecular formula is C18H23IN2O2. The number of anilines is 1. The third-order valence-electron chi connectivity index (χ3n) is 3.33. The van der Waals surface area contributed by atoms with E-state index in [-0.39, 0.29) is 0 Å². The Balaban J connectivity index is 1.98. The average Bonchev–Trinajstić information content (AvgIpc) is 2.57. The SMILES string of the molecule is CCCCOc1c(I)cc(CNNc2ccccc2)cc1OC. The largest absolute Gasteiger partial charge is 0.493 e. The molecule has 0 heterocycles. The first-order valence-electron chi connectivity index (χ1n) is 7.77. The van der Waals surface area contributed by atoms with Gasteiger partial charge in [0.2, 0.25) is 0 Å². The molecule has 0 atom stereocenters. The third kappa shape index (κ3) is 5.58. The van der Waals surface area contributed by atoms with Crippen molar-refractivity contribution in [3.8, 4) is 11.5 Å². The van der Waals surface area contributed by atoms with Gasteiger partial charge in [-0.2, -0.15) is 0 Å². The van der Waals surface area contributed by atoms with E-state index in [1.807, 2.05) is 36.4 Å². The first kappa shape index (κ1) is 17.9. The summed E-state index contributed by atoms with van der Waals surface area (Å²) in [5, 5.41) is 0. The number of methoxy groups -OCH3 is 1. The van der Waals surface area contributed by atoms with Crippen LogP contribution in [0.1, 0.15) is 25.3 Å². The number of rotatable bonds is 9. The van der Waals surface area contributed by atoms with Gasteiger partial charge in [-0.25, -0.2) is 5.43 Å². The number of benzene rings is 2. The summed E-state index contributed by atoms with van der Waals surface area (Å²) in [7, 11) is 1.68. The number of hydrogen-bond acceptors (Lipinski definition) is 4. The molecule has 0 saturated heterocycles. The Labute approximate surface area is 151 Å². The van der Waals surface area contributed by atoms with E-state index in [1.54, 1.807) is 7.11 Å². The molecule has 0 saturated carbocycles. The third-order valence-corrected chi connectivity index (χ3v) is 4.13. The van der Waals surface area contributed by atoms with Crippen LogP contribution in [0.25, 0.3) is 0 Å². The molecule has 23 heavy (non-hydrogen) atoms. The minimum absolute atomic E-state index is 0.691. The van der Waals surface area contributed by atoms with Gasteiger partial charge in [0.15, 0.2) is 11.5 Å². The summed E-state index contributed by atoms with van der Waals surface area (Å²) in [6, 6.07) is 14.2. The number of hydrazine groups is 1. The lowest BCUT2D eigenvalue weighted by atomic mass is 10.2. The highest BCUT2D eigenvalue weighted by Gasteiger charge is 2.11. The van der Waals surface area contributed by atoms with Crippen molar-refractivity contribution in [3.05, 3.63) is 51.6 Å². The van der Waals surface area contributed by atoms with Crippen LogP contribution in [0, 0.1) is 3.57 Å². The average molecular weight is 426 g/mol. The van der Waals surface area contributed by atoms with Crippen LogP contribution in [0.4, 0.5) is 5.69 Å². The summed E-state index contributed by atoms with van der Waals surface area (Å²) in [5.74, 6) is 1.62. The Bertz CT molecular complexity index is 605. The van der Waals surface area contributed by atoms with E-state index in [9.17, 15) is 0 Å². The van der Waals surface area contributed by atoms with Crippen LogP contribution >= 0.6 is 22.6 Å². The monoisotopic (exact) mass is 426 g/mol. The fourth-order valence-corrected chi connectivity index (χ4v) is 2.93. The Morgan fingerprint density at radius 1 is 1.13 bits per heavy atom. The molecule has 2 aromatic rings. The predicted molar refractivity (Wildman–Crippen MR) is 103 cm³/mol. The summed E-state index contributed by atoms with van der Waals surface area (Å²) in [5.41, 5.74) is 8.57. The maximum absolute atomic E-state index is 5.86. The molecule has 124 valence electrons. The zero-order valence-electron chi connectivity index (χ0n) is 13.6. The van der Waals surface area contributed by atoms with Gasteiger partial charge in [-0.15, -0.1) is 0 Å². The minimum atomic E-state index is 0.691.